The van der Waals surface area contributed by atoms with Crippen LogP contribution in [0.1, 0.15) is 28.8 Å². The molecule has 8 nitrogen and oxygen atoms in total. The Bertz CT molecular complexity index is 1250. The molecule has 10 heteroatoms. The van der Waals surface area contributed by atoms with Crippen LogP contribution in [0.4, 0.5) is 8.78 Å². The molecule has 172 valence electrons. The maximum atomic E-state index is 13.2. The van der Waals surface area contributed by atoms with Gasteiger partial charge in [0.05, 0.1) is 19.0 Å². The Morgan fingerprint density at radius 3 is 2.73 bits per heavy atom. The number of nitrogens with one attached hydrogen (secondary N) is 1. The number of carbonyl (C=O) groups is 1. The van der Waals surface area contributed by atoms with Gasteiger partial charge in [0.2, 0.25) is 0 Å². The number of carbonyl (C=O) groups excluding carboxylic acids is 1. The third kappa shape index (κ3) is 4.64. The fraction of sp³-hybridized carbons (Fsp3) is 0.261. The van der Waals surface area contributed by atoms with Crippen LogP contribution in [-0.2, 0) is 0 Å². The molecule has 1 saturated carbocycles. The number of methoxy groups -OCH3 is 1. The molecule has 1 aliphatic carbocycles. The number of rotatable bonds is 8. The summed E-state index contributed by atoms with van der Waals surface area (Å²) in [5, 5.41) is 2.79. The smallest absolute Gasteiger partial charge is 0.387 e. The number of nitrogens with two attached hydrogens (primary N) is 1. The largest absolute Gasteiger partial charge is 0.496 e. The summed E-state index contributed by atoms with van der Waals surface area (Å²) in [4.78, 5) is 21.1. The van der Waals surface area contributed by atoms with Crippen molar-refractivity contribution < 1.29 is 23.0 Å². The lowest BCUT2D eigenvalue weighted by atomic mass is 10.1. The Balaban J connectivity index is 1.80. The molecule has 0 bridgehead atoms. The highest BCUT2D eigenvalue weighted by molar-refractivity contribution is 6.09. The predicted octanol–water partition coefficient (Wildman–Crippen LogP) is 3.50. The first-order valence-corrected chi connectivity index (χ1v) is 10.2. The van der Waals surface area contributed by atoms with Crippen LogP contribution in [0.2, 0.25) is 0 Å². The van der Waals surface area contributed by atoms with Crippen molar-refractivity contribution in [2.45, 2.75) is 25.5 Å². The third-order valence-corrected chi connectivity index (χ3v) is 5.23. The Morgan fingerprint density at radius 2 is 2.09 bits per heavy atom. The van der Waals surface area contributed by atoms with Crippen LogP contribution in [0.3, 0.4) is 0 Å². The molecule has 0 radical (unpaired) electrons. The number of allylic oxidation sites excluding steroid dienone is 1. The average molecular weight is 455 g/mol. The Kier molecular flexibility index (Phi) is 6.25. The topological polar surface area (TPSA) is 103 Å². The summed E-state index contributed by atoms with van der Waals surface area (Å²) < 4.78 is 38.2. The first-order chi connectivity index (χ1) is 15.9. The third-order valence-electron chi connectivity index (χ3n) is 5.23. The lowest BCUT2D eigenvalue weighted by Gasteiger charge is -2.16. The number of aliphatic imine (C=N–C) groups is 1. The monoisotopic (exact) mass is 455 g/mol. The molecule has 0 saturated heterocycles. The van der Waals surface area contributed by atoms with Gasteiger partial charge in [0.15, 0.2) is 0 Å². The van der Waals surface area contributed by atoms with Gasteiger partial charge in [0, 0.05) is 42.8 Å². The van der Waals surface area contributed by atoms with Gasteiger partial charge in [-0.05, 0) is 42.7 Å². The summed E-state index contributed by atoms with van der Waals surface area (Å²) in [7, 11) is 3.02. The minimum absolute atomic E-state index is 0.0412. The van der Waals surface area contributed by atoms with E-state index in [4.69, 9.17) is 15.2 Å². The van der Waals surface area contributed by atoms with Crippen molar-refractivity contribution in [1.29, 1.82) is 0 Å². The summed E-state index contributed by atoms with van der Waals surface area (Å²) in [5.41, 5.74) is 8.87. The second-order valence-corrected chi connectivity index (χ2v) is 7.47. The van der Waals surface area contributed by atoms with E-state index in [-0.39, 0.29) is 23.1 Å². The number of alkyl halides is 2. The van der Waals surface area contributed by atoms with Gasteiger partial charge in [-0.3, -0.25) is 14.2 Å². The molecule has 0 spiro atoms. The van der Waals surface area contributed by atoms with Gasteiger partial charge in [0.25, 0.3) is 5.91 Å². The van der Waals surface area contributed by atoms with Gasteiger partial charge < -0.3 is 20.5 Å². The van der Waals surface area contributed by atoms with E-state index in [0.717, 1.165) is 24.0 Å². The second kappa shape index (κ2) is 9.27. The molecule has 0 atom stereocenters. The highest BCUT2D eigenvalue weighted by atomic mass is 19.3. The number of benzene rings is 1. The Morgan fingerprint density at radius 1 is 1.33 bits per heavy atom. The van der Waals surface area contributed by atoms with E-state index in [1.165, 1.54) is 19.4 Å². The number of amides is 1. The number of nitrogens with zero attached hydrogens (tertiary/aromatic N) is 3. The number of fused-ring (bicyclic) bond motifs is 1. The van der Waals surface area contributed by atoms with Crippen molar-refractivity contribution in [1.82, 2.24) is 14.7 Å². The number of halogens is 2. The standard InChI is InChI=1S/C23H23F2N5O3/c1-27-11-15(10-26)13-5-6-30-17(12-28-20(30)9-13)14-7-18(32-2)21(19(8-14)33-23(24)25)22(31)29-16-3-4-16/h5-12,16,23H,3-4,26H2,1-2H3,(H,29,31). The van der Waals surface area contributed by atoms with Crippen LogP contribution < -0.4 is 20.5 Å². The van der Waals surface area contributed by atoms with Gasteiger partial charge >= 0.3 is 6.61 Å². The second-order valence-electron chi connectivity index (χ2n) is 7.47. The quantitative estimate of drug-likeness (QED) is 0.506. The molecule has 3 aromatic rings. The minimum Gasteiger partial charge on any atom is -0.496 e. The number of hydrogen-bond acceptors (Lipinski definition) is 6. The normalized spacial score (nSPS) is 14.3. The summed E-state index contributed by atoms with van der Waals surface area (Å²) >= 11 is 0. The van der Waals surface area contributed by atoms with Gasteiger partial charge in [-0.1, -0.05) is 0 Å². The van der Waals surface area contributed by atoms with Crippen LogP contribution >= 0.6 is 0 Å². The van der Waals surface area contributed by atoms with E-state index >= 15 is 0 Å². The first kappa shape index (κ1) is 22.3. The van der Waals surface area contributed by atoms with E-state index in [1.54, 1.807) is 36.1 Å². The van der Waals surface area contributed by atoms with Crippen LogP contribution in [0.5, 0.6) is 11.5 Å². The maximum Gasteiger partial charge on any atom is 0.387 e. The lowest BCUT2D eigenvalue weighted by Crippen LogP contribution is -2.26. The summed E-state index contributed by atoms with van der Waals surface area (Å²) in [6, 6.07) is 6.70. The fourth-order valence-corrected chi connectivity index (χ4v) is 3.52. The van der Waals surface area contributed by atoms with Crippen molar-refractivity contribution in [2.24, 2.45) is 10.7 Å². The molecule has 1 amide bonds. The molecular formula is C23H23F2N5O3. The van der Waals surface area contributed by atoms with Gasteiger partial charge in [0.1, 0.15) is 22.7 Å². The van der Waals surface area contributed by atoms with Crippen molar-refractivity contribution in [3.63, 3.8) is 0 Å². The molecule has 1 fully saturated rings. The SMILES string of the molecule is CN=CC(=CN)c1ccn2c(-c3cc(OC)c(C(=O)NC4CC4)c(OC(F)F)c3)cnc2c1. The highest BCUT2D eigenvalue weighted by Crippen LogP contribution is 2.37. The molecule has 3 N–H and O–H groups in total. The van der Waals surface area contributed by atoms with Crippen LogP contribution in [0.15, 0.2) is 47.9 Å². The minimum atomic E-state index is -3.11. The zero-order valence-electron chi connectivity index (χ0n) is 18.1. The summed E-state index contributed by atoms with van der Waals surface area (Å²) in [6.45, 7) is -3.11. The zero-order chi connectivity index (χ0) is 23.5. The first-order valence-electron chi connectivity index (χ1n) is 10.2. The fourth-order valence-electron chi connectivity index (χ4n) is 3.52. The van der Waals surface area contributed by atoms with E-state index in [9.17, 15) is 13.6 Å². The number of hydrogen-bond donors (Lipinski definition) is 2. The van der Waals surface area contributed by atoms with E-state index in [1.807, 2.05) is 12.1 Å². The molecule has 1 aromatic carbocycles. The van der Waals surface area contributed by atoms with Gasteiger partial charge in [-0.15, -0.1) is 0 Å². The zero-order valence-corrected chi connectivity index (χ0v) is 18.1. The molecule has 2 aromatic heterocycles. The molecule has 2 heterocycles. The van der Waals surface area contributed by atoms with Crippen molar-refractivity contribution in [3.8, 4) is 22.8 Å². The summed E-state index contributed by atoms with van der Waals surface area (Å²) in [6.07, 6.45) is 8.18. The number of aromatic nitrogens is 2. The van der Waals surface area contributed by atoms with Gasteiger partial charge in [-0.2, -0.15) is 8.78 Å². The number of ether oxygens (including phenoxy) is 2. The molecule has 0 aliphatic heterocycles. The van der Waals surface area contributed by atoms with Crippen molar-refractivity contribution in [2.75, 3.05) is 14.2 Å². The lowest BCUT2D eigenvalue weighted by molar-refractivity contribution is -0.0502. The van der Waals surface area contributed by atoms with E-state index < -0.39 is 12.5 Å². The molecule has 0 unspecified atom stereocenters. The highest BCUT2D eigenvalue weighted by Gasteiger charge is 2.29. The predicted molar refractivity (Wildman–Crippen MR) is 121 cm³/mol. The number of pyridine rings is 1. The number of imidazole rings is 1. The molecule has 1 aliphatic rings. The van der Waals surface area contributed by atoms with Gasteiger partial charge in [-0.25, -0.2) is 4.98 Å². The van der Waals surface area contributed by atoms with Crippen LogP contribution in [-0.4, -0.2) is 48.3 Å². The Labute approximate surface area is 188 Å². The Hall–Kier alpha value is -3.95. The average Bonchev–Trinajstić information content (AvgIpc) is 3.51. The maximum absolute atomic E-state index is 13.2. The molecule has 4 rings (SSSR count). The van der Waals surface area contributed by atoms with E-state index in [2.05, 4.69) is 15.3 Å². The van der Waals surface area contributed by atoms with Crippen molar-refractivity contribution >= 4 is 23.3 Å². The molecular weight excluding hydrogens is 432 g/mol. The van der Waals surface area contributed by atoms with Crippen molar-refractivity contribution in [3.05, 3.63) is 54.0 Å². The molecule has 33 heavy (non-hydrogen) atoms. The summed E-state index contributed by atoms with van der Waals surface area (Å²) in [5.74, 6) is -0.657. The van der Waals surface area contributed by atoms with Crippen LogP contribution in [0.25, 0.3) is 22.5 Å². The van der Waals surface area contributed by atoms with Crippen LogP contribution in [0, 0.1) is 0 Å². The van der Waals surface area contributed by atoms with E-state index in [0.29, 0.717) is 16.9 Å².